The first kappa shape index (κ1) is 16.4. The van der Waals surface area contributed by atoms with Crippen molar-refractivity contribution in [2.75, 3.05) is 0 Å². The van der Waals surface area contributed by atoms with Gasteiger partial charge in [-0.1, -0.05) is 41.9 Å². The summed E-state index contributed by atoms with van der Waals surface area (Å²) in [5.41, 5.74) is 1.81. The van der Waals surface area contributed by atoms with Crippen LogP contribution in [0.1, 0.15) is 37.3 Å². The molecule has 2 atom stereocenters. The monoisotopic (exact) mass is 342 g/mol. The maximum Gasteiger partial charge on any atom is 0.315 e. The summed E-state index contributed by atoms with van der Waals surface area (Å²) in [4.78, 5) is 12.2. The van der Waals surface area contributed by atoms with Gasteiger partial charge in [-0.25, -0.2) is 4.79 Å². The van der Waals surface area contributed by atoms with E-state index < -0.39 is 0 Å². The molecule has 2 amide bonds. The summed E-state index contributed by atoms with van der Waals surface area (Å²) < 4.78 is 5.78. The van der Waals surface area contributed by atoms with Crippen molar-refractivity contribution in [3.8, 4) is 0 Å². The molecule has 0 fully saturated rings. The number of benzene rings is 2. The van der Waals surface area contributed by atoms with Gasteiger partial charge >= 0.3 is 6.03 Å². The van der Waals surface area contributed by atoms with Gasteiger partial charge in [0.25, 0.3) is 0 Å². The van der Waals surface area contributed by atoms with E-state index in [1.807, 2.05) is 68.4 Å². The Morgan fingerprint density at radius 2 is 1.67 bits per heavy atom. The first-order valence-corrected chi connectivity index (χ1v) is 8.21. The highest BCUT2D eigenvalue weighted by molar-refractivity contribution is 6.30. The molecule has 0 aliphatic carbocycles. The maximum absolute atomic E-state index is 12.2. The number of amides is 2. The van der Waals surface area contributed by atoms with Crippen molar-refractivity contribution in [1.29, 1.82) is 0 Å². The third kappa shape index (κ3) is 3.71. The molecule has 0 bridgehead atoms. The maximum atomic E-state index is 12.2. The SMILES string of the molecule is C[C@H](NC(=O)N[C@@H](C)c1cc2ccccc2o1)c1ccc(Cl)cc1. The molecule has 0 aliphatic rings. The zero-order chi connectivity index (χ0) is 17.1. The van der Waals surface area contributed by atoms with Gasteiger partial charge in [-0.05, 0) is 43.7 Å². The Labute approximate surface area is 145 Å². The average Bonchev–Trinajstić information content (AvgIpc) is 2.99. The van der Waals surface area contributed by atoms with Gasteiger partial charge in [-0.15, -0.1) is 0 Å². The molecule has 2 N–H and O–H groups in total. The fraction of sp³-hybridized carbons (Fsp3) is 0.211. The molecule has 4 nitrogen and oxygen atoms in total. The van der Waals surface area contributed by atoms with Crippen molar-refractivity contribution in [2.24, 2.45) is 0 Å². The summed E-state index contributed by atoms with van der Waals surface area (Å²) in [6, 6.07) is 16.5. The molecule has 1 heterocycles. The van der Waals surface area contributed by atoms with Crippen LogP contribution in [-0.2, 0) is 0 Å². The molecule has 24 heavy (non-hydrogen) atoms. The number of urea groups is 1. The number of hydrogen-bond donors (Lipinski definition) is 2. The fourth-order valence-corrected chi connectivity index (χ4v) is 2.68. The lowest BCUT2D eigenvalue weighted by Crippen LogP contribution is -2.38. The number of nitrogens with one attached hydrogen (secondary N) is 2. The summed E-state index contributed by atoms with van der Waals surface area (Å²) in [5.74, 6) is 0.727. The minimum absolute atomic E-state index is 0.120. The van der Waals surface area contributed by atoms with E-state index in [1.54, 1.807) is 0 Å². The molecule has 0 saturated carbocycles. The van der Waals surface area contributed by atoms with Gasteiger partial charge in [0.05, 0.1) is 12.1 Å². The van der Waals surface area contributed by atoms with E-state index in [0.717, 1.165) is 22.3 Å². The zero-order valence-electron chi connectivity index (χ0n) is 13.5. The minimum Gasteiger partial charge on any atom is -0.459 e. The number of para-hydroxylation sites is 1. The number of rotatable bonds is 4. The number of hydrogen-bond acceptors (Lipinski definition) is 2. The molecule has 0 radical (unpaired) electrons. The van der Waals surface area contributed by atoms with Gasteiger partial charge < -0.3 is 15.1 Å². The van der Waals surface area contributed by atoms with Crippen LogP contribution in [0.3, 0.4) is 0 Å². The Balaban J connectivity index is 1.62. The molecule has 124 valence electrons. The highest BCUT2D eigenvalue weighted by Crippen LogP contribution is 2.23. The Hall–Kier alpha value is -2.46. The molecular weight excluding hydrogens is 324 g/mol. The number of fused-ring (bicyclic) bond motifs is 1. The van der Waals surface area contributed by atoms with Crippen molar-refractivity contribution in [3.63, 3.8) is 0 Å². The van der Waals surface area contributed by atoms with E-state index in [-0.39, 0.29) is 18.1 Å². The van der Waals surface area contributed by atoms with E-state index >= 15 is 0 Å². The number of carbonyl (C=O) groups excluding carboxylic acids is 1. The molecule has 0 spiro atoms. The summed E-state index contributed by atoms with van der Waals surface area (Å²) in [6.45, 7) is 3.82. The molecule has 0 unspecified atom stereocenters. The Morgan fingerprint density at radius 3 is 2.38 bits per heavy atom. The minimum atomic E-state index is -0.245. The standard InChI is InChI=1S/C19H19ClN2O2/c1-12(14-7-9-16(20)10-8-14)21-19(23)22-13(2)18-11-15-5-3-4-6-17(15)24-18/h3-13H,1-2H3,(H2,21,22,23)/t12-,13-/m0/s1. The van der Waals surface area contributed by atoms with Gasteiger partial charge in [0.15, 0.2) is 0 Å². The lowest BCUT2D eigenvalue weighted by atomic mass is 10.1. The van der Waals surface area contributed by atoms with Gasteiger partial charge in [0, 0.05) is 10.4 Å². The van der Waals surface area contributed by atoms with Crippen LogP contribution in [0.25, 0.3) is 11.0 Å². The van der Waals surface area contributed by atoms with Crippen molar-refractivity contribution >= 4 is 28.6 Å². The molecule has 3 rings (SSSR count). The van der Waals surface area contributed by atoms with Gasteiger partial charge in [0.2, 0.25) is 0 Å². The third-order valence-electron chi connectivity index (χ3n) is 3.94. The summed E-state index contributed by atoms with van der Waals surface area (Å²) in [7, 11) is 0. The first-order valence-electron chi connectivity index (χ1n) is 7.84. The van der Waals surface area contributed by atoms with Gasteiger partial charge in [0.1, 0.15) is 11.3 Å². The van der Waals surface area contributed by atoms with E-state index in [1.165, 1.54) is 0 Å². The number of carbonyl (C=O) groups is 1. The van der Waals surface area contributed by atoms with Crippen LogP contribution in [0, 0.1) is 0 Å². The van der Waals surface area contributed by atoms with E-state index in [9.17, 15) is 4.79 Å². The molecule has 0 aliphatic heterocycles. The lowest BCUT2D eigenvalue weighted by molar-refractivity contribution is 0.233. The summed E-state index contributed by atoms with van der Waals surface area (Å²) in [5, 5.41) is 7.51. The molecule has 0 saturated heterocycles. The summed E-state index contributed by atoms with van der Waals surface area (Å²) >= 11 is 5.88. The Bertz CT molecular complexity index is 809. The molecule has 2 aromatic carbocycles. The second-order valence-corrected chi connectivity index (χ2v) is 6.24. The zero-order valence-corrected chi connectivity index (χ0v) is 14.3. The molecule has 3 aromatic rings. The second-order valence-electron chi connectivity index (χ2n) is 5.80. The highest BCUT2D eigenvalue weighted by atomic mass is 35.5. The lowest BCUT2D eigenvalue weighted by Gasteiger charge is -2.17. The fourth-order valence-electron chi connectivity index (χ4n) is 2.56. The number of halogens is 1. The highest BCUT2D eigenvalue weighted by Gasteiger charge is 2.16. The Morgan fingerprint density at radius 1 is 1.00 bits per heavy atom. The van der Waals surface area contributed by atoms with Gasteiger partial charge in [-0.3, -0.25) is 0 Å². The van der Waals surface area contributed by atoms with Crippen LogP contribution in [0.5, 0.6) is 0 Å². The van der Waals surface area contributed by atoms with Crippen LogP contribution in [0.2, 0.25) is 5.02 Å². The summed E-state index contributed by atoms with van der Waals surface area (Å²) in [6.07, 6.45) is 0. The van der Waals surface area contributed by atoms with Crippen LogP contribution in [0.4, 0.5) is 4.79 Å². The van der Waals surface area contributed by atoms with Crippen LogP contribution in [0.15, 0.2) is 59.0 Å². The van der Waals surface area contributed by atoms with Crippen LogP contribution in [-0.4, -0.2) is 6.03 Å². The first-order chi connectivity index (χ1) is 11.5. The van der Waals surface area contributed by atoms with Crippen molar-refractivity contribution in [2.45, 2.75) is 25.9 Å². The van der Waals surface area contributed by atoms with Crippen molar-refractivity contribution < 1.29 is 9.21 Å². The van der Waals surface area contributed by atoms with Gasteiger partial charge in [-0.2, -0.15) is 0 Å². The predicted octanol–water partition coefficient (Wildman–Crippen LogP) is 5.21. The van der Waals surface area contributed by atoms with Crippen molar-refractivity contribution in [1.82, 2.24) is 10.6 Å². The van der Waals surface area contributed by atoms with E-state index in [2.05, 4.69) is 10.6 Å². The molecular formula is C19H19ClN2O2. The van der Waals surface area contributed by atoms with E-state index in [0.29, 0.717) is 5.02 Å². The third-order valence-corrected chi connectivity index (χ3v) is 4.19. The Kier molecular flexibility index (Phi) is 4.76. The predicted molar refractivity (Wildman–Crippen MR) is 96.2 cm³/mol. The quantitative estimate of drug-likeness (QED) is 0.684. The number of furan rings is 1. The van der Waals surface area contributed by atoms with Crippen LogP contribution >= 0.6 is 11.6 Å². The molecule has 5 heteroatoms. The topological polar surface area (TPSA) is 54.3 Å². The second kappa shape index (κ2) is 6.97. The normalized spacial score (nSPS) is 13.5. The molecule has 1 aromatic heterocycles. The van der Waals surface area contributed by atoms with E-state index in [4.69, 9.17) is 16.0 Å². The van der Waals surface area contributed by atoms with Crippen molar-refractivity contribution in [3.05, 3.63) is 70.9 Å². The largest absolute Gasteiger partial charge is 0.459 e. The smallest absolute Gasteiger partial charge is 0.315 e. The van der Waals surface area contributed by atoms with Crippen LogP contribution < -0.4 is 10.6 Å². The average molecular weight is 343 g/mol.